The van der Waals surface area contributed by atoms with Crippen LogP contribution in [0.15, 0.2) is 24.3 Å². The molecule has 2 aliphatic heterocycles. The van der Waals surface area contributed by atoms with Crippen LogP contribution < -0.4 is 16.0 Å². The Balaban J connectivity index is 1.60. The number of rotatable bonds is 6. The molecule has 3 amide bonds. The zero-order valence-electron chi connectivity index (χ0n) is 15.9. The number of anilines is 1. The summed E-state index contributed by atoms with van der Waals surface area (Å²) in [5.41, 5.74) is 0.649. The third-order valence-electron chi connectivity index (χ3n) is 5.15. The van der Waals surface area contributed by atoms with Gasteiger partial charge in [-0.2, -0.15) is 0 Å². The van der Waals surface area contributed by atoms with Crippen molar-refractivity contribution in [3.8, 4) is 0 Å². The van der Waals surface area contributed by atoms with E-state index in [9.17, 15) is 14.4 Å². The number of nitrogens with one attached hydrogen (secondary N) is 3. The molecule has 28 heavy (non-hydrogen) atoms. The zero-order valence-corrected chi connectivity index (χ0v) is 16.7. The molecule has 0 radical (unpaired) electrons. The predicted molar refractivity (Wildman–Crippen MR) is 105 cm³/mol. The van der Waals surface area contributed by atoms with Crippen LogP contribution in [-0.2, 0) is 19.1 Å². The number of nitrogens with zero attached hydrogens (tertiary/aromatic N) is 1. The van der Waals surface area contributed by atoms with Crippen LogP contribution in [0.2, 0.25) is 5.02 Å². The van der Waals surface area contributed by atoms with Gasteiger partial charge in [-0.05, 0) is 51.1 Å². The van der Waals surface area contributed by atoms with E-state index in [2.05, 4.69) is 16.0 Å². The van der Waals surface area contributed by atoms with Gasteiger partial charge < -0.3 is 25.6 Å². The summed E-state index contributed by atoms with van der Waals surface area (Å²) in [4.78, 5) is 39.0. The van der Waals surface area contributed by atoms with Crippen LogP contribution >= 0.6 is 11.6 Å². The van der Waals surface area contributed by atoms with E-state index < -0.39 is 12.1 Å². The highest BCUT2D eigenvalue weighted by atomic mass is 35.5. The minimum atomic E-state index is -0.737. The molecule has 1 unspecified atom stereocenters. The summed E-state index contributed by atoms with van der Waals surface area (Å²) in [7, 11) is 1.68. The molecule has 3 rings (SSSR count). The smallest absolute Gasteiger partial charge is 0.249 e. The van der Waals surface area contributed by atoms with Gasteiger partial charge in [0.25, 0.3) is 0 Å². The van der Waals surface area contributed by atoms with Gasteiger partial charge in [0.1, 0.15) is 12.3 Å². The minimum absolute atomic E-state index is 0.145. The van der Waals surface area contributed by atoms with Crippen LogP contribution in [0.1, 0.15) is 26.2 Å². The molecule has 2 aliphatic rings. The highest BCUT2D eigenvalue weighted by molar-refractivity contribution is 6.30. The molecule has 3 N–H and O–H groups in total. The number of benzene rings is 1. The van der Waals surface area contributed by atoms with Crippen LogP contribution in [0, 0.1) is 0 Å². The van der Waals surface area contributed by atoms with Crippen molar-refractivity contribution in [3.05, 3.63) is 29.3 Å². The third kappa shape index (κ3) is 4.63. The number of ether oxygens (including phenoxy) is 1. The van der Waals surface area contributed by atoms with Crippen molar-refractivity contribution in [1.29, 1.82) is 0 Å². The lowest BCUT2D eigenvalue weighted by Gasteiger charge is -2.38. The number of amides is 3. The summed E-state index contributed by atoms with van der Waals surface area (Å²) in [6.07, 6.45) is 1.19. The predicted octanol–water partition coefficient (Wildman–Crippen LogP) is 1.11. The van der Waals surface area contributed by atoms with Gasteiger partial charge in [-0.3, -0.25) is 14.4 Å². The van der Waals surface area contributed by atoms with Crippen molar-refractivity contribution in [3.63, 3.8) is 0 Å². The van der Waals surface area contributed by atoms with Crippen molar-refractivity contribution >= 4 is 35.0 Å². The number of halogens is 1. The fraction of sp³-hybridized carbons (Fsp3) is 0.526. The summed E-state index contributed by atoms with van der Waals surface area (Å²) in [6, 6.07) is 5.44. The highest BCUT2D eigenvalue weighted by Gasteiger charge is 2.45. The molecule has 0 spiro atoms. The molecule has 9 heteroatoms. The summed E-state index contributed by atoms with van der Waals surface area (Å²) in [5, 5.41) is 8.97. The Morgan fingerprint density at radius 2 is 2.00 bits per heavy atom. The van der Waals surface area contributed by atoms with E-state index in [0.29, 0.717) is 23.6 Å². The first-order valence-corrected chi connectivity index (χ1v) is 9.73. The van der Waals surface area contributed by atoms with Crippen molar-refractivity contribution in [2.24, 2.45) is 0 Å². The number of hydrogen-bond acceptors (Lipinski definition) is 5. The summed E-state index contributed by atoms with van der Waals surface area (Å²) >= 11 is 5.85. The Kier molecular flexibility index (Phi) is 6.53. The molecule has 0 saturated carbocycles. The van der Waals surface area contributed by atoms with Crippen LogP contribution in [0.25, 0.3) is 0 Å². The second-order valence-electron chi connectivity index (χ2n) is 7.10. The fourth-order valence-corrected chi connectivity index (χ4v) is 3.61. The van der Waals surface area contributed by atoms with Crippen molar-refractivity contribution in [1.82, 2.24) is 15.5 Å². The first kappa shape index (κ1) is 20.6. The minimum Gasteiger partial charge on any atom is -0.356 e. The summed E-state index contributed by atoms with van der Waals surface area (Å²) in [5.74, 6) is -0.649. The first-order chi connectivity index (χ1) is 13.4. The fourth-order valence-electron chi connectivity index (χ4n) is 3.48. The van der Waals surface area contributed by atoms with Gasteiger partial charge in [-0.25, -0.2) is 0 Å². The van der Waals surface area contributed by atoms with E-state index >= 15 is 0 Å². The second-order valence-corrected chi connectivity index (χ2v) is 7.53. The van der Waals surface area contributed by atoms with Gasteiger partial charge >= 0.3 is 0 Å². The Bertz CT molecular complexity index is 742. The SMILES string of the molecule is CN[C@@H](C)C(=O)N[C@H]1CO[C@H]2CCC(CC(=O)Nc3ccc(Cl)cc3)N2C1=O. The van der Waals surface area contributed by atoms with Gasteiger partial charge in [0.05, 0.1) is 12.6 Å². The van der Waals surface area contributed by atoms with E-state index in [-0.39, 0.29) is 43.0 Å². The Labute approximate surface area is 168 Å². The lowest BCUT2D eigenvalue weighted by atomic mass is 10.1. The molecule has 4 atom stereocenters. The lowest BCUT2D eigenvalue weighted by molar-refractivity contribution is -0.165. The maximum atomic E-state index is 12.9. The normalized spacial score (nSPS) is 25.2. The largest absolute Gasteiger partial charge is 0.356 e. The van der Waals surface area contributed by atoms with Crippen molar-refractivity contribution in [2.45, 2.75) is 50.5 Å². The standard InChI is InChI=1S/C19H25ClN4O4/c1-11(21-2)18(26)23-15-10-28-17-8-7-14(24(17)19(15)27)9-16(25)22-13-5-3-12(20)4-6-13/h3-6,11,14-15,17,21H,7-10H2,1-2H3,(H,22,25)(H,23,26)/t11-,14?,15-,17-/m0/s1. The van der Waals surface area contributed by atoms with Gasteiger partial charge in [-0.15, -0.1) is 0 Å². The number of likely N-dealkylation sites (N-methyl/N-ethyl adjacent to an activating group) is 1. The number of hydrogen-bond donors (Lipinski definition) is 3. The van der Waals surface area contributed by atoms with Crippen molar-refractivity contribution < 1.29 is 19.1 Å². The topological polar surface area (TPSA) is 99.8 Å². The van der Waals surface area contributed by atoms with E-state index in [1.54, 1.807) is 43.1 Å². The number of fused-ring (bicyclic) bond motifs is 1. The van der Waals surface area contributed by atoms with E-state index in [1.165, 1.54) is 0 Å². The molecule has 2 saturated heterocycles. The van der Waals surface area contributed by atoms with E-state index in [0.717, 1.165) is 0 Å². The average molecular weight is 409 g/mol. The maximum absolute atomic E-state index is 12.9. The van der Waals surface area contributed by atoms with Gasteiger partial charge in [0, 0.05) is 23.2 Å². The molecule has 1 aromatic rings. The monoisotopic (exact) mass is 408 g/mol. The first-order valence-electron chi connectivity index (χ1n) is 9.36. The van der Waals surface area contributed by atoms with Crippen LogP contribution in [-0.4, -0.2) is 60.6 Å². The molecular weight excluding hydrogens is 384 g/mol. The maximum Gasteiger partial charge on any atom is 0.249 e. The molecule has 0 bridgehead atoms. The van der Waals surface area contributed by atoms with Gasteiger partial charge in [0.15, 0.2) is 0 Å². The number of carbonyl (C=O) groups is 3. The molecular formula is C19H25ClN4O4. The second kappa shape index (κ2) is 8.89. The van der Waals surface area contributed by atoms with Crippen molar-refractivity contribution in [2.75, 3.05) is 19.0 Å². The highest BCUT2D eigenvalue weighted by Crippen LogP contribution is 2.31. The number of carbonyl (C=O) groups excluding carboxylic acids is 3. The summed E-state index contributed by atoms with van der Waals surface area (Å²) in [6.45, 7) is 1.86. The third-order valence-corrected chi connectivity index (χ3v) is 5.40. The Hall–Kier alpha value is -2.16. The van der Waals surface area contributed by atoms with Crippen LogP contribution in [0.3, 0.4) is 0 Å². The Morgan fingerprint density at radius 1 is 1.29 bits per heavy atom. The molecule has 1 aromatic carbocycles. The van der Waals surface area contributed by atoms with E-state index in [1.807, 2.05) is 0 Å². The Morgan fingerprint density at radius 3 is 2.68 bits per heavy atom. The quantitative estimate of drug-likeness (QED) is 0.654. The molecule has 8 nitrogen and oxygen atoms in total. The average Bonchev–Trinajstić information content (AvgIpc) is 3.08. The van der Waals surface area contributed by atoms with Gasteiger partial charge in [0.2, 0.25) is 17.7 Å². The summed E-state index contributed by atoms with van der Waals surface area (Å²) < 4.78 is 5.77. The molecule has 2 heterocycles. The van der Waals surface area contributed by atoms with E-state index in [4.69, 9.17) is 16.3 Å². The van der Waals surface area contributed by atoms with Crippen LogP contribution in [0.4, 0.5) is 5.69 Å². The van der Waals surface area contributed by atoms with Gasteiger partial charge in [-0.1, -0.05) is 11.6 Å². The zero-order chi connectivity index (χ0) is 20.3. The lowest BCUT2D eigenvalue weighted by Crippen LogP contribution is -2.61. The molecule has 152 valence electrons. The van der Waals surface area contributed by atoms with Crippen LogP contribution in [0.5, 0.6) is 0 Å². The molecule has 0 aromatic heterocycles. The molecule has 0 aliphatic carbocycles. The molecule has 2 fully saturated rings.